The number of nitrogens with two attached hydrogens (primary N) is 1. The number of carbonyl (C=O) groups excluding carboxylic acids is 1. The van der Waals surface area contributed by atoms with E-state index in [2.05, 4.69) is 10.2 Å². The van der Waals surface area contributed by atoms with Gasteiger partial charge >= 0.3 is 0 Å². The van der Waals surface area contributed by atoms with Gasteiger partial charge in [0, 0.05) is 24.3 Å². The first-order valence-electron chi connectivity index (χ1n) is 8.19. The number of likely N-dealkylation sites (tertiary alicyclic amines) is 1. The maximum atomic E-state index is 12.1. The van der Waals surface area contributed by atoms with Gasteiger partial charge in [0.2, 0.25) is 0 Å². The van der Waals surface area contributed by atoms with Crippen LogP contribution in [0.4, 0.5) is 5.69 Å². The molecule has 2 aromatic rings. The summed E-state index contributed by atoms with van der Waals surface area (Å²) in [5, 5.41) is 2.93. The highest BCUT2D eigenvalue weighted by Crippen LogP contribution is 2.23. The number of rotatable bonds is 5. The van der Waals surface area contributed by atoms with Gasteiger partial charge in [-0.2, -0.15) is 0 Å². The molecule has 1 aromatic carbocycles. The Bertz CT molecular complexity index is 643. The molecule has 23 heavy (non-hydrogen) atoms. The zero-order valence-corrected chi connectivity index (χ0v) is 13.3. The van der Waals surface area contributed by atoms with Crippen molar-refractivity contribution in [1.29, 1.82) is 0 Å². The molecule has 0 saturated carbocycles. The molecule has 5 nitrogen and oxygen atoms in total. The van der Waals surface area contributed by atoms with Crippen molar-refractivity contribution in [2.45, 2.75) is 19.3 Å². The molecule has 3 rings (SSSR count). The molecule has 5 heteroatoms. The van der Waals surface area contributed by atoms with Gasteiger partial charge in [0.15, 0.2) is 5.76 Å². The minimum atomic E-state index is -0.163. The first-order valence-corrected chi connectivity index (χ1v) is 8.19. The third kappa shape index (κ3) is 4.13. The normalized spacial score (nSPS) is 15.5. The van der Waals surface area contributed by atoms with E-state index in [0.29, 0.717) is 23.8 Å². The first kappa shape index (κ1) is 15.6. The lowest BCUT2D eigenvalue weighted by atomic mass is 10.1. The number of hydrogen-bond donors (Lipinski definition) is 2. The largest absolute Gasteiger partial charge is 0.451 e. The van der Waals surface area contributed by atoms with E-state index in [1.165, 1.54) is 19.3 Å². The van der Waals surface area contributed by atoms with Gasteiger partial charge in [0.1, 0.15) is 5.76 Å². The summed E-state index contributed by atoms with van der Waals surface area (Å²) in [6.45, 7) is 3.82. The number of nitrogen functional groups attached to an aromatic ring is 1. The molecule has 0 atom stereocenters. The molecule has 1 saturated heterocycles. The Morgan fingerprint density at radius 3 is 2.57 bits per heavy atom. The number of piperidine rings is 1. The average Bonchev–Trinajstić information content (AvgIpc) is 3.06. The maximum absolute atomic E-state index is 12.1. The Labute approximate surface area is 136 Å². The summed E-state index contributed by atoms with van der Waals surface area (Å²) in [5.74, 6) is 0.852. The Balaban J connectivity index is 1.52. The van der Waals surface area contributed by atoms with Crippen molar-refractivity contribution >= 4 is 11.6 Å². The van der Waals surface area contributed by atoms with Gasteiger partial charge in [0.25, 0.3) is 5.91 Å². The zero-order valence-electron chi connectivity index (χ0n) is 13.3. The van der Waals surface area contributed by atoms with Gasteiger partial charge in [-0.15, -0.1) is 0 Å². The van der Waals surface area contributed by atoms with Crippen LogP contribution in [-0.2, 0) is 0 Å². The van der Waals surface area contributed by atoms with E-state index in [0.717, 1.165) is 25.2 Å². The molecule has 1 amide bonds. The lowest BCUT2D eigenvalue weighted by Gasteiger charge is -2.26. The standard InChI is InChI=1S/C18H23N3O2/c19-15-6-4-14(5-7-15)16-8-9-17(23-16)18(22)20-10-13-21-11-2-1-3-12-21/h4-9H,1-3,10-13,19H2,(H,20,22). The van der Waals surface area contributed by atoms with E-state index in [1.54, 1.807) is 6.07 Å². The fourth-order valence-corrected chi connectivity index (χ4v) is 2.86. The van der Waals surface area contributed by atoms with E-state index in [-0.39, 0.29) is 5.91 Å². The maximum Gasteiger partial charge on any atom is 0.287 e. The van der Waals surface area contributed by atoms with E-state index < -0.39 is 0 Å². The van der Waals surface area contributed by atoms with Crippen molar-refractivity contribution in [2.75, 3.05) is 31.9 Å². The Hall–Kier alpha value is -2.27. The van der Waals surface area contributed by atoms with Crippen LogP contribution in [0.3, 0.4) is 0 Å². The summed E-state index contributed by atoms with van der Waals surface area (Å²) < 4.78 is 5.65. The van der Waals surface area contributed by atoms with E-state index in [1.807, 2.05) is 30.3 Å². The number of nitrogens with zero attached hydrogens (tertiary/aromatic N) is 1. The second-order valence-electron chi connectivity index (χ2n) is 5.94. The molecular weight excluding hydrogens is 290 g/mol. The van der Waals surface area contributed by atoms with Crippen molar-refractivity contribution in [3.63, 3.8) is 0 Å². The van der Waals surface area contributed by atoms with Crippen molar-refractivity contribution in [3.8, 4) is 11.3 Å². The fraction of sp³-hybridized carbons (Fsp3) is 0.389. The number of hydrogen-bond acceptors (Lipinski definition) is 4. The molecule has 1 aromatic heterocycles. The minimum Gasteiger partial charge on any atom is -0.451 e. The summed E-state index contributed by atoms with van der Waals surface area (Å²) in [5.41, 5.74) is 7.29. The van der Waals surface area contributed by atoms with Crippen LogP contribution in [0.25, 0.3) is 11.3 Å². The van der Waals surface area contributed by atoms with Gasteiger partial charge < -0.3 is 20.4 Å². The quantitative estimate of drug-likeness (QED) is 0.833. The second-order valence-corrected chi connectivity index (χ2v) is 5.94. The predicted octanol–water partition coefficient (Wildman–Crippen LogP) is 2.74. The Morgan fingerprint density at radius 1 is 1.09 bits per heavy atom. The van der Waals surface area contributed by atoms with E-state index in [4.69, 9.17) is 10.2 Å². The number of amides is 1. The van der Waals surface area contributed by atoms with Gasteiger partial charge in [-0.3, -0.25) is 4.79 Å². The molecule has 3 N–H and O–H groups in total. The number of carbonyl (C=O) groups is 1. The van der Waals surface area contributed by atoms with Gasteiger partial charge in [-0.05, 0) is 62.3 Å². The molecule has 2 heterocycles. The molecule has 1 aliphatic heterocycles. The molecule has 0 spiro atoms. The summed E-state index contributed by atoms with van der Waals surface area (Å²) in [6, 6.07) is 10.9. The van der Waals surface area contributed by atoms with Gasteiger partial charge in [-0.1, -0.05) is 6.42 Å². The average molecular weight is 313 g/mol. The Morgan fingerprint density at radius 2 is 1.83 bits per heavy atom. The van der Waals surface area contributed by atoms with E-state index >= 15 is 0 Å². The highest BCUT2D eigenvalue weighted by atomic mass is 16.3. The van der Waals surface area contributed by atoms with Crippen LogP contribution in [0.15, 0.2) is 40.8 Å². The Kier molecular flexibility index (Phi) is 4.98. The lowest BCUT2D eigenvalue weighted by molar-refractivity contribution is 0.0920. The third-order valence-corrected chi connectivity index (χ3v) is 4.19. The van der Waals surface area contributed by atoms with Crippen LogP contribution in [0.5, 0.6) is 0 Å². The number of anilines is 1. The highest BCUT2D eigenvalue weighted by molar-refractivity contribution is 5.92. The monoisotopic (exact) mass is 313 g/mol. The molecule has 122 valence electrons. The predicted molar refractivity (Wildman–Crippen MR) is 91.2 cm³/mol. The van der Waals surface area contributed by atoms with Crippen molar-refractivity contribution in [1.82, 2.24) is 10.2 Å². The van der Waals surface area contributed by atoms with Crippen molar-refractivity contribution in [2.24, 2.45) is 0 Å². The molecular formula is C18H23N3O2. The van der Waals surface area contributed by atoms with Crippen LogP contribution in [-0.4, -0.2) is 37.0 Å². The van der Waals surface area contributed by atoms with E-state index in [9.17, 15) is 4.79 Å². The van der Waals surface area contributed by atoms with Crippen LogP contribution in [0.1, 0.15) is 29.8 Å². The van der Waals surface area contributed by atoms with Crippen LogP contribution in [0, 0.1) is 0 Å². The van der Waals surface area contributed by atoms with Gasteiger partial charge in [-0.25, -0.2) is 0 Å². The van der Waals surface area contributed by atoms with Crippen LogP contribution < -0.4 is 11.1 Å². The molecule has 0 aliphatic carbocycles. The molecule has 0 bridgehead atoms. The number of furan rings is 1. The second kappa shape index (κ2) is 7.33. The first-order chi connectivity index (χ1) is 11.2. The zero-order chi connectivity index (χ0) is 16.1. The molecule has 1 aliphatic rings. The smallest absolute Gasteiger partial charge is 0.287 e. The number of benzene rings is 1. The summed E-state index contributed by atoms with van der Waals surface area (Å²) in [4.78, 5) is 14.5. The SMILES string of the molecule is Nc1ccc(-c2ccc(C(=O)NCCN3CCCCC3)o2)cc1. The molecule has 1 fully saturated rings. The fourth-order valence-electron chi connectivity index (χ4n) is 2.86. The number of nitrogens with one attached hydrogen (secondary N) is 1. The topological polar surface area (TPSA) is 71.5 Å². The molecule has 0 unspecified atom stereocenters. The molecule has 0 radical (unpaired) electrons. The van der Waals surface area contributed by atoms with Crippen LogP contribution >= 0.6 is 0 Å². The lowest BCUT2D eigenvalue weighted by Crippen LogP contribution is -2.37. The van der Waals surface area contributed by atoms with Crippen molar-refractivity contribution < 1.29 is 9.21 Å². The summed E-state index contributed by atoms with van der Waals surface area (Å²) in [7, 11) is 0. The minimum absolute atomic E-state index is 0.163. The summed E-state index contributed by atoms with van der Waals surface area (Å²) >= 11 is 0. The summed E-state index contributed by atoms with van der Waals surface area (Å²) in [6.07, 6.45) is 3.84. The van der Waals surface area contributed by atoms with Gasteiger partial charge in [0.05, 0.1) is 0 Å². The van der Waals surface area contributed by atoms with Crippen molar-refractivity contribution in [3.05, 3.63) is 42.2 Å². The third-order valence-electron chi connectivity index (χ3n) is 4.19. The highest BCUT2D eigenvalue weighted by Gasteiger charge is 2.13. The van der Waals surface area contributed by atoms with Crippen LogP contribution in [0.2, 0.25) is 0 Å².